The van der Waals surface area contributed by atoms with Crippen LogP contribution in [0.1, 0.15) is 5.56 Å². The molecule has 2 heterocycles. The van der Waals surface area contributed by atoms with E-state index in [1.807, 2.05) is 12.1 Å². The van der Waals surface area contributed by atoms with Crippen molar-refractivity contribution in [3.63, 3.8) is 0 Å². The number of pyridine rings is 1. The molecule has 0 aromatic carbocycles. The van der Waals surface area contributed by atoms with Crippen LogP contribution in [0.4, 0.5) is 5.13 Å². The summed E-state index contributed by atoms with van der Waals surface area (Å²) in [6.07, 6.45) is 6.47. The summed E-state index contributed by atoms with van der Waals surface area (Å²) >= 11 is 1.27. The van der Waals surface area contributed by atoms with E-state index >= 15 is 0 Å². The van der Waals surface area contributed by atoms with Crippen molar-refractivity contribution in [3.05, 3.63) is 41.7 Å². The predicted octanol–water partition coefficient (Wildman–Crippen LogP) is 1.58. The van der Waals surface area contributed by atoms with Crippen LogP contribution < -0.4 is 5.32 Å². The van der Waals surface area contributed by atoms with E-state index < -0.39 is 0 Å². The van der Waals surface area contributed by atoms with E-state index in [4.69, 9.17) is 0 Å². The van der Waals surface area contributed by atoms with Crippen LogP contribution in [-0.4, -0.2) is 21.1 Å². The van der Waals surface area contributed by atoms with Gasteiger partial charge in [-0.2, -0.15) is 0 Å². The van der Waals surface area contributed by atoms with Gasteiger partial charge in [0.1, 0.15) is 5.51 Å². The van der Waals surface area contributed by atoms with Gasteiger partial charge in [-0.3, -0.25) is 15.1 Å². The average Bonchev–Trinajstić information content (AvgIpc) is 2.81. The Bertz CT molecular complexity index is 481. The molecule has 0 spiro atoms. The fourth-order valence-corrected chi connectivity index (χ4v) is 1.47. The number of amides is 1. The lowest BCUT2D eigenvalue weighted by atomic mass is 10.2. The molecule has 1 N–H and O–H groups in total. The Morgan fingerprint density at radius 2 is 2.44 bits per heavy atom. The second-order valence-corrected chi connectivity index (χ2v) is 3.69. The summed E-state index contributed by atoms with van der Waals surface area (Å²) in [7, 11) is 0. The highest BCUT2D eigenvalue weighted by Crippen LogP contribution is 2.08. The van der Waals surface area contributed by atoms with Crippen molar-refractivity contribution in [2.24, 2.45) is 0 Å². The van der Waals surface area contributed by atoms with Gasteiger partial charge in [-0.25, -0.2) is 0 Å². The van der Waals surface area contributed by atoms with Crippen molar-refractivity contribution in [1.82, 2.24) is 15.2 Å². The number of nitrogens with zero attached hydrogens (tertiary/aromatic N) is 3. The van der Waals surface area contributed by atoms with Crippen LogP contribution in [-0.2, 0) is 4.79 Å². The molecule has 0 bridgehead atoms. The molecule has 0 fully saturated rings. The molecule has 2 aromatic heterocycles. The Kier molecular flexibility index (Phi) is 3.35. The number of aromatic nitrogens is 3. The van der Waals surface area contributed by atoms with Crippen molar-refractivity contribution >= 4 is 28.5 Å². The summed E-state index contributed by atoms with van der Waals surface area (Å²) in [5.41, 5.74) is 2.43. The molecule has 0 aliphatic carbocycles. The Hall–Kier alpha value is -2.08. The maximum atomic E-state index is 11.4. The molecule has 2 rings (SSSR count). The Labute approximate surface area is 95.9 Å². The van der Waals surface area contributed by atoms with Gasteiger partial charge in [0.05, 0.1) is 0 Å². The molecule has 80 valence electrons. The standard InChI is InChI=1S/C10H8N4OS/c15-9(13-10-14-12-7-16-10)4-3-8-2-1-5-11-6-8/h1-7H,(H,13,14,15)/b4-3+. The molecular formula is C10H8N4OS. The van der Waals surface area contributed by atoms with E-state index in [1.165, 1.54) is 17.4 Å². The average molecular weight is 232 g/mol. The van der Waals surface area contributed by atoms with E-state index in [0.717, 1.165) is 5.56 Å². The van der Waals surface area contributed by atoms with Crippen LogP contribution in [0.25, 0.3) is 6.08 Å². The van der Waals surface area contributed by atoms with Crippen LogP contribution in [0, 0.1) is 0 Å². The van der Waals surface area contributed by atoms with Gasteiger partial charge in [-0.15, -0.1) is 10.2 Å². The van der Waals surface area contributed by atoms with Crippen molar-refractivity contribution in [3.8, 4) is 0 Å². The van der Waals surface area contributed by atoms with Crippen LogP contribution in [0.3, 0.4) is 0 Å². The number of carbonyl (C=O) groups is 1. The largest absolute Gasteiger partial charge is 0.297 e. The zero-order valence-electron chi connectivity index (χ0n) is 8.20. The lowest BCUT2D eigenvalue weighted by molar-refractivity contribution is -0.111. The van der Waals surface area contributed by atoms with Crippen molar-refractivity contribution in [2.75, 3.05) is 5.32 Å². The van der Waals surface area contributed by atoms with Gasteiger partial charge in [0.2, 0.25) is 11.0 Å². The van der Waals surface area contributed by atoms with Crippen LogP contribution in [0.15, 0.2) is 36.1 Å². The van der Waals surface area contributed by atoms with Gasteiger partial charge < -0.3 is 0 Å². The number of hydrogen-bond acceptors (Lipinski definition) is 5. The normalized spacial score (nSPS) is 10.5. The number of carbonyl (C=O) groups excluding carboxylic acids is 1. The molecule has 2 aromatic rings. The maximum absolute atomic E-state index is 11.4. The first-order chi connectivity index (χ1) is 7.84. The van der Waals surface area contributed by atoms with Gasteiger partial charge in [-0.1, -0.05) is 17.4 Å². The van der Waals surface area contributed by atoms with Crippen LogP contribution in [0.2, 0.25) is 0 Å². The first kappa shape index (κ1) is 10.4. The third-order valence-corrected chi connectivity index (χ3v) is 2.31. The second-order valence-electron chi connectivity index (χ2n) is 2.85. The van der Waals surface area contributed by atoms with Crippen molar-refractivity contribution in [1.29, 1.82) is 0 Å². The van der Waals surface area contributed by atoms with Gasteiger partial charge in [0.15, 0.2) is 0 Å². The fourth-order valence-electron chi connectivity index (χ4n) is 1.02. The van der Waals surface area contributed by atoms with E-state index in [0.29, 0.717) is 5.13 Å². The third kappa shape index (κ3) is 2.96. The smallest absolute Gasteiger partial charge is 0.250 e. The van der Waals surface area contributed by atoms with Gasteiger partial charge in [-0.05, 0) is 17.7 Å². The van der Waals surface area contributed by atoms with Crippen LogP contribution >= 0.6 is 11.3 Å². The summed E-state index contributed by atoms with van der Waals surface area (Å²) in [5, 5.41) is 10.4. The number of anilines is 1. The summed E-state index contributed by atoms with van der Waals surface area (Å²) in [5.74, 6) is -0.236. The highest BCUT2D eigenvalue weighted by Gasteiger charge is 1.99. The first-order valence-corrected chi connectivity index (χ1v) is 5.38. The topological polar surface area (TPSA) is 67.8 Å². The first-order valence-electron chi connectivity index (χ1n) is 4.50. The lowest BCUT2D eigenvalue weighted by Crippen LogP contribution is -2.07. The number of hydrogen-bond donors (Lipinski definition) is 1. The molecule has 0 saturated carbocycles. The second kappa shape index (κ2) is 5.13. The van der Waals surface area contributed by atoms with E-state index in [2.05, 4.69) is 20.5 Å². The number of nitrogens with one attached hydrogen (secondary N) is 1. The van der Waals surface area contributed by atoms with E-state index in [1.54, 1.807) is 24.0 Å². The molecule has 0 aliphatic rings. The zero-order chi connectivity index (χ0) is 11.2. The molecule has 5 nitrogen and oxygen atoms in total. The lowest BCUT2D eigenvalue weighted by Gasteiger charge is -1.94. The summed E-state index contributed by atoms with van der Waals surface area (Å²) < 4.78 is 0. The van der Waals surface area contributed by atoms with Crippen molar-refractivity contribution < 1.29 is 4.79 Å². The summed E-state index contributed by atoms with van der Waals surface area (Å²) in [6.45, 7) is 0. The van der Waals surface area contributed by atoms with E-state index in [9.17, 15) is 4.79 Å². The van der Waals surface area contributed by atoms with Gasteiger partial charge in [0.25, 0.3) is 0 Å². The highest BCUT2D eigenvalue weighted by molar-refractivity contribution is 7.13. The molecule has 1 amide bonds. The SMILES string of the molecule is O=C(/C=C/c1cccnc1)Nc1nncs1. The van der Waals surface area contributed by atoms with Crippen LogP contribution in [0.5, 0.6) is 0 Å². The minimum absolute atomic E-state index is 0.236. The third-order valence-electron chi connectivity index (χ3n) is 1.70. The summed E-state index contributed by atoms with van der Waals surface area (Å²) in [4.78, 5) is 15.3. The molecule has 0 aliphatic heterocycles. The molecule has 16 heavy (non-hydrogen) atoms. The summed E-state index contributed by atoms with van der Waals surface area (Å²) in [6, 6.07) is 3.67. The number of rotatable bonds is 3. The van der Waals surface area contributed by atoms with Gasteiger partial charge >= 0.3 is 0 Å². The Morgan fingerprint density at radius 1 is 1.50 bits per heavy atom. The minimum Gasteiger partial charge on any atom is -0.297 e. The molecular weight excluding hydrogens is 224 g/mol. The quantitative estimate of drug-likeness (QED) is 0.816. The minimum atomic E-state index is -0.236. The molecule has 6 heteroatoms. The maximum Gasteiger partial charge on any atom is 0.250 e. The van der Waals surface area contributed by atoms with Gasteiger partial charge in [0, 0.05) is 18.5 Å². The molecule has 0 atom stereocenters. The molecule has 0 unspecified atom stereocenters. The Balaban J connectivity index is 1.95. The Morgan fingerprint density at radius 3 is 3.12 bits per heavy atom. The van der Waals surface area contributed by atoms with Crippen molar-refractivity contribution in [2.45, 2.75) is 0 Å². The monoisotopic (exact) mass is 232 g/mol. The van der Waals surface area contributed by atoms with E-state index in [-0.39, 0.29) is 5.91 Å². The zero-order valence-corrected chi connectivity index (χ0v) is 9.02. The molecule has 0 radical (unpaired) electrons. The predicted molar refractivity (Wildman–Crippen MR) is 61.8 cm³/mol. The fraction of sp³-hybridized carbons (Fsp3) is 0. The highest BCUT2D eigenvalue weighted by atomic mass is 32.1. The molecule has 0 saturated heterocycles.